The first-order valence-corrected chi connectivity index (χ1v) is 7.33. The average molecular weight is 274 g/mol. The molecule has 0 unspecified atom stereocenters. The lowest BCUT2D eigenvalue weighted by molar-refractivity contribution is -0.117. The summed E-state index contributed by atoms with van der Waals surface area (Å²) >= 11 is 0. The van der Waals surface area contributed by atoms with Gasteiger partial charge in [0.15, 0.2) is 0 Å². The van der Waals surface area contributed by atoms with Gasteiger partial charge >= 0.3 is 0 Å². The second kappa shape index (κ2) is 6.55. The summed E-state index contributed by atoms with van der Waals surface area (Å²) in [6, 6.07) is 7.48. The first kappa shape index (κ1) is 14.6. The number of hydrogen-bond donors (Lipinski definition) is 1. The highest BCUT2D eigenvalue weighted by atomic mass is 16.2. The van der Waals surface area contributed by atoms with Crippen molar-refractivity contribution in [3.8, 4) is 0 Å². The van der Waals surface area contributed by atoms with Crippen LogP contribution >= 0.6 is 0 Å². The largest absolute Gasteiger partial charge is 0.350 e. The fraction of sp³-hybridized carbons (Fsp3) is 0.500. The van der Waals surface area contributed by atoms with Crippen molar-refractivity contribution in [1.82, 2.24) is 5.32 Å². The van der Waals surface area contributed by atoms with Gasteiger partial charge in [-0.2, -0.15) is 0 Å². The molecule has 1 aliphatic heterocycles. The molecule has 1 N–H and O–H groups in total. The zero-order chi connectivity index (χ0) is 14.5. The number of rotatable bonds is 5. The number of hydrogen-bond acceptors (Lipinski definition) is 2. The molecule has 1 heterocycles. The number of nitrogens with zero attached hydrogens (tertiary/aromatic N) is 1. The van der Waals surface area contributed by atoms with Crippen molar-refractivity contribution in [2.24, 2.45) is 0 Å². The summed E-state index contributed by atoms with van der Waals surface area (Å²) < 4.78 is 0. The summed E-state index contributed by atoms with van der Waals surface area (Å²) in [6.07, 6.45) is 3.51. The Morgan fingerprint density at radius 3 is 2.90 bits per heavy atom. The van der Waals surface area contributed by atoms with Crippen LogP contribution in [-0.2, 0) is 4.79 Å². The van der Waals surface area contributed by atoms with Gasteiger partial charge < -0.3 is 10.2 Å². The van der Waals surface area contributed by atoms with Crippen LogP contribution in [0.3, 0.4) is 0 Å². The van der Waals surface area contributed by atoms with Crippen LogP contribution in [0.5, 0.6) is 0 Å². The van der Waals surface area contributed by atoms with E-state index in [1.165, 1.54) is 0 Å². The van der Waals surface area contributed by atoms with Crippen molar-refractivity contribution in [3.63, 3.8) is 0 Å². The van der Waals surface area contributed by atoms with E-state index in [2.05, 4.69) is 12.2 Å². The number of anilines is 1. The van der Waals surface area contributed by atoms with Crippen LogP contribution in [0.15, 0.2) is 24.3 Å². The lowest BCUT2D eigenvalue weighted by Gasteiger charge is -2.17. The fourth-order valence-electron chi connectivity index (χ4n) is 2.55. The third kappa shape index (κ3) is 3.38. The summed E-state index contributed by atoms with van der Waals surface area (Å²) in [5.41, 5.74) is 1.44. The molecule has 0 bridgehead atoms. The van der Waals surface area contributed by atoms with Crippen LogP contribution in [0.4, 0.5) is 5.69 Å². The predicted molar refractivity (Wildman–Crippen MR) is 79.9 cm³/mol. The highest BCUT2D eigenvalue weighted by Crippen LogP contribution is 2.22. The monoisotopic (exact) mass is 274 g/mol. The van der Waals surface area contributed by atoms with Gasteiger partial charge in [-0.05, 0) is 38.0 Å². The van der Waals surface area contributed by atoms with Gasteiger partial charge in [0.2, 0.25) is 5.91 Å². The summed E-state index contributed by atoms with van der Waals surface area (Å²) in [5.74, 6) is 0.0707. The lowest BCUT2D eigenvalue weighted by atomic mass is 10.1. The molecule has 0 aliphatic carbocycles. The van der Waals surface area contributed by atoms with Gasteiger partial charge in [-0.3, -0.25) is 9.59 Å². The molecule has 4 heteroatoms. The van der Waals surface area contributed by atoms with Crippen LogP contribution in [0, 0.1) is 0 Å². The number of amides is 2. The normalized spacial score (nSPS) is 16.3. The minimum Gasteiger partial charge on any atom is -0.350 e. The molecule has 1 saturated heterocycles. The first-order chi connectivity index (χ1) is 9.61. The summed E-state index contributed by atoms with van der Waals surface area (Å²) in [4.78, 5) is 25.7. The molecule has 2 amide bonds. The van der Waals surface area contributed by atoms with E-state index >= 15 is 0 Å². The summed E-state index contributed by atoms with van der Waals surface area (Å²) in [5, 5.41) is 2.98. The van der Waals surface area contributed by atoms with E-state index < -0.39 is 0 Å². The number of nitrogens with one attached hydrogen (secondary N) is 1. The van der Waals surface area contributed by atoms with Crippen LogP contribution in [-0.4, -0.2) is 24.4 Å². The minimum absolute atomic E-state index is 0.0700. The second-order valence-corrected chi connectivity index (χ2v) is 5.36. The van der Waals surface area contributed by atoms with Gasteiger partial charge in [0.25, 0.3) is 5.91 Å². The molecular weight excluding hydrogens is 252 g/mol. The molecule has 1 aromatic rings. The maximum absolute atomic E-state index is 12.2. The Labute approximate surface area is 120 Å². The summed E-state index contributed by atoms with van der Waals surface area (Å²) in [7, 11) is 0. The Bertz CT molecular complexity index is 499. The fourth-order valence-corrected chi connectivity index (χ4v) is 2.55. The molecule has 0 spiro atoms. The Kier molecular flexibility index (Phi) is 4.77. The highest BCUT2D eigenvalue weighted by molar-refractivity contribution is 5.99. The molecule has 1 fully saturated rings. The number of carbonyl (C=O) groups excluding carboxylic acids is 2. The molecule has 0 radical (unpaired) electrons. The highest BCUT2D eigenvalue weighted by Gasteiger charge is 2.22. The van der Waals surface area contributed by atoms with E-state index in [-0.39, 0.29) is 17.9 Å². The topological polar surface area (TPSA) is 49.4 Å². The molecule has 0 saturated carbocycles. The third-order valence-electron chi connectivity index (χ3n) is 3.59. The van der Waals surface area contributed by atoms with E-state index in [1.807, 2.05) is 19.1 Å². The van der Waals surface area contributed by atoms with E-state index in [4.69, 9.17) is 0 Å². The SMILES string of the molecule is CCC[C@H](C)NC(=O)c1cccc(N2CCCC2=O)c1. The average Bonchev–Trinajstić information content (AvgIpc) is 2.85. The third-order valence-corrected chi connectivity index (χ3v) is 3.59. The van der Waals surface area contributed by atoms with Gasteiger partial charge in [-0.15, -0.1) is 0 Å². The molecule has 4 nitrogen and oxygen atoms in total. The molecule has 20 heavy (non-hydrogen) atoms. The van der Waals surface area contributed by atoms with Crippen molar-refractivity contribution in [1.29, 1.82) is 0 Å². The quantitative estimate of drug-likeness (QED) is 0.897. The first-order valence-electron chi connectivity index (χ1n) is 7.33. The van der Waals surface area contributed by atoms with E-state index in [0.717, 1.165) is 31.5 Å². The van der Waals surface area contributed by atoms with Crippen LogP contribution < -0.4 is 10.2 Å². The molecule has 1 aromatic carbocycles. The molecular formula is C16H22N2O2. The van der Waals surface area contributed by atoms with Gasteiger partial charge in [0.1, 0.15) is 0 Å². The Morgan fingerprint density at radius 2 is 2.25 bits per heavy atom. The Morgan fingerprint density at radius 1 is 1.45 bits per heavy atom. The van der Waals surface area contributed by atoms with Gasteiger partial charge in [0, 0.05) is 30.3 Å². The molecule has 0 aromatic heterocycles. The van der Waals surface area contributed by atoms with Gasteiger partial charge in [-0.25, -0.2) is 0 Å². The molecule has 1 atom stereocenters. The maximum atomic E-state index is 12.2. The van der Waals surface area contributed by atoms with Gasteiger partial charge in [-0.1, -0.05) is 19.4 Å². The van der Waals surface area contributed by atoms with Crippen molar-refractivity contribution < 1.29 is 9.59 Å². The van der Waals surface area contributed by atoms with Crippen LogP contribution in [0.25, 0.3) is 0 Å². The zero-order valence-electron chi connectivity index (χ0n) is 12.2. The van der Waals surface area contributed by atoms with Crippen molar-refractivity contribution >= 4 is 17.5 Å². The van der Waals surface area contributed by atoms with Crippen molar-refractivity contribution in [3.05, 3.63) is 29.8 Å². The minimum atomic E-state index is -0.0700. The smallest absolute Gasteiger partial charge is 0.251 e. The summed E-state index contributed by atoms with van der Waals surface area (Å²) in [6.45, 7) is 4.85. The van der Waals surface area contributed by atoms with E-state index in [0.29, 0.717) is 12.0 Å². The van der Waals surface area contributed by atoms with E-state index in [1.54, 1.807) is 17.0 Å². The maximum Gasteiger partial charge on any atom is 0.251 e. The standard InChI is InChI=1S/C16H22N2O2/c1-3-6-12(2)17-16(20)13-7-4-8-14(11-13)18-10-5-9-15(18)19/h4,7-8,11-12H,3,5-6,9-10H2,1-2H3,(H,17,20)/t12-/m0/s1. The lowest BCUT2D eigenvalue weighted by Crippen LogP contribution is -2.32. The number of benzene rings is 1. The second-order valence-electron chi connectivity index (χ2n) is 5.36. The van der Waals surface area contributed by atoms with Gasteiger partial charge in [0.05, 0.1) is 0 Å². The molecule has 1 aliphatic rings. The Hall–Kier alpha value is -1.84. The number of carbonyl (C=O) groups is 2. The van der Waals surface area contributed by atoms with E-state index in [9.17, 15) is 9.59 Å². The Balaban J connectivity index is 2.09. The zero-order valence-corrected chi connectivity index (χ0v) is 12.2. The molecule has 2 rings (SSSR count). The predicted octanol–water partition coefficient (Wildman–Crippen LogP) is 2.73. The van der Waals surface area contributed by atoms with Crippen molar-refractivity contribution in [2.75, 3.05) is 11.4 Å². The van der Waals surface area contributed by atoms with Crippen LogP contribution in [0.2, 0.25) is 0 Å². The van der Waals surface area contributed by atoms with Crippen molar-refractivity contribution in [2.45, 2.75) is 45.6 Å². The molecule has 108 valence electrons. The van der Waals surface area contributed by atoms with Crippen LogP contribution in [0.1, 0.15) is 49.9 Å².